The first-order chi connectivity index (χ1) is 22.4. The number of carbonyl (C=O) groups is 1. The van der Waals surface area contributed by atoms with Crippen molar-refractivity contribution in [2.24, 2.45) is 11.8 Å². The minimum Gasteiger partial charge on any atom is -0.490 e. The van der Waals surface area contributed by atoms with Gasteiger partial charge in [-0.05, 0) is 106 Å². The summed E-state index contributed by atoms with van der Waals surface area (Å²) in [6, 6.07) is 11.3. The number of aromatic nitrogens is 1. The summed E-state index contributed by atoms with van der Waals surface area (Å²) in [5.74, 6) is 0.197. The van der Waals surface area contributed by atoms with Crippen molar-refractivity contribution in [1.82, 2.24) is 9.71 Å². The van der Waals surface area contributed by atoms with Gasteiger partial charge < -0.3 is 14.7 Å². The fourth-order valence-corrected chi connectivity index (χ4v) is 9.03. The Morgan fingerprint density at radius 3 is 2.81 bits per heavy atom. The van der Waals surface area contributed by atoms with Gasteiger partial charge >= 0.3 is 0 Å². The summed E-state index contributed by atoms with van der Waals surface area (Å²) >= 11 is 8.00. The predicted molar refractivity (Wildman–Crippen MR) is 188 cm³/mol. The van der Waals surface area contributed by atoms with Crippen molar-refractivity contribution in [2.45, 2.75) is 82.0 Å². The lowest BCUT2D eigenvalue weighted by atomic mass is 9.63. The molecule has 1 aliphatic heterocycles. The van der Waals surface area contributed by atoms with E-state index in [1.165, 1.54) is 25.0 Å². The van der Waals surface area contributed by atoms with Crippen LogP contribution in [0, 0.1) is 11.8 Å². The zero-order valence-corrected chi connectivity index (χ0v) is 29.6. The van der Waals surface area contributed by atoms with Crippen LogP contribution in [0.2, 0.25) is 5.02 Å². The molecule has 0 bridgehead atoms. The summed E-state index contributed by atoms with van der Waals surface area (Å²) in [6.07, 6.45) is 11.9. The minimum atomic E-state index is -3.81. The second-order valence-electron chi connectivity index (χ2n) is 13.7. The zero-order valence-electron chi connectivity index (χ0n) is 27.2. The highest BCUT2D eigenvalue weighted by molar-refractivity contribution is 7.90. The molecule has 47 heavy (non-hydrogen) atoms. The van der Waals surface area contributed by atoms with Gasteiger partial charge in [0.1, 0.15) is 5.75 Å². The third-order valence-corrected chi connectivity index (χ3v) is 13.0. The van der Waals surface area contributed by atoms with E-state index in [0.29, 0.717) is 31.9 Å². The van der Waals surface area contributed by atoms with Gasteiger partial charge in [0.15, 0.2) is 0 Å². The first kappa shape index (κ1) is 34.0. The molecule has 1 amide bonds. The number of carbonyl (C=O) groups excluding carboxylic acids is 1. The van der Waals surface area contributed by atoms with E-state index in [0.717, 1.165) is 54.2 Å². The highest BCUT2D eigenvalue weighted by Crippen LogP contribution is 2.49. The van der Waals surface area contributed by atoms with Crippen molar-refractivity contribution in [2.75, 3.05) is 24.6 Å². The second kappa shape index (κ2) is 13.5. The van der Waals surface area contributed by atoms with E-state index in [1.54, 1.807) is 35.7 Å². The maximum absolute atomic E-state index is 13.3. The molecule has 0 unspecified atom stereocenters. The number of rotatable bonds is 10. The van der Waals surface area contributed by atoms with E-state index >= 15 is 0 Å². The van der Waals surface area contributed by atoms with Crippen molar-refractivity contribution in [3.63, 3.8) is 0 Å². The molecule has 1 saturated carbocycles. The van der Waals surface area contributed by atoms with Gasteiger partial charge in [0.05, 0.1) is 28.2 Å². The minimum absolute atomic E-state index is 0.0258. The average molecular weight is 698 g/mol. The number of anilines is 1. The number of benzene rings is 2. The van der Waals surface area contributed by atoms with Gasteiger partial charge in [-0.15, -0.1) is 11.3 Å². The highest BCUT2D eigenvalue weighted by atomic mass is 35.5. The molecular formula is C36H44ClN3O5S2. The Morgan fingerprint density at radius 2 is 2.11 bits per heavy atom. The summed E-state index contributed by atoms with van der Waals surface area (Å²) < 4.78 is 34.0. The topological polar surface area (TPSA) is 109 Å². The lowest BCUT2D eigenvalue weighted by Gasteiger charge is -2.49. The number of aliphatic hydroxyl groups is 1. The molecular weight excluding hydrogens is 654 g/mol. The van der Waals surface area contributed by atoms with Gasteiger partial charge in [-0.3, -0.25) is 4.79 Å². The maximum atomic E-state index is 13.3. The molecule has 2 heterocycles. The number of fused-ring (bicyclic) bond motifs is 3. The highest BCUT2D eigenvalue weighted by Gasteiger charge is 2.48. The molecule has 2 N–H and O–H groups in total. The number of aryl methyl sites for hydroxylation is 1. The second-order valence-corrected chi connectivity index (χ2v) is 17.3. The average Bonchev–Trinajstić information content (AvgIpc) is 3.47. The third-order valence-electron chi connectivity index (χ3n) is 10.2. The summed E-state index contributed by atoms with van der Waals surface area (Å²) in [7, 11) is -3.81. The molecule has 252 valence electrons. The van der Waals surface area contributed by atoms with Gasteiger partial charge in [0, 0.05) is 47.1 Å². The van der Waals surface area contributed by atoms with Crippen LogP contribution in [0.5, 0.6) is 5.75 Å². The normalized spacial score (nSPS) is 23.8. The van der Waals surface area contributed by atoms with E-state index in [1.807, 2.05) is 23.6 Å². The molecule has 2 aromatic carbocycles. The first-order valence-electron chi connectivity index (χ1n) is 16.6. The number of halogens is 1. The molecule has 1 aromatic heterocycles. The molecule has 4 atom stereocenters. The maximum Gasteiger partial charge on any atom is 0.264 e. The molecule has 8 nitrogen and oxygen atoms in total. The van der Waals surface area contributed by atoms with Crippen LogP contribution in [0.25, 0.3) is 0 Å². The van der Waals surface area contributed by atoms with Crippen molar-refractivity contribution >= 4 is 44.6 Å². The number of thiazole rings is 1. The van der Waals surface area contributed by atoms with Crippen LogP contribution in [0.4, 0.5) is 5.69 Å². The van der Waals surface area contributed by atoms with Crippen LogP contribution in [0.15, 0.2) is 60.1 Å². The van der Waals surface area contributed by atoms with E-state index < -0.39 is 26.8 Å². The monoisotopic (exact) mass is 697 g/mol. The Bertz CT molecular complexity index is 1740. The van der Waals surface area contributed by atoms with Crippen LogP contribution in [-0.2, 0) is 28.3 Å². The summed E-state index contributed by atoms with van der Waals surface area (Å²) in [4.78, 5) is 20.1. The van der Waals surface area contributed by atoms with Crippen LogP contribution in [0.1, 0.15) is 79.4 Å². The Morgan fingerprint density at radius 1 is 1.28 bits per heavy atom. The molecule has 11 heteroatoms. The van der Waals surface area contributed by atoms with E-state index in [4.69, 9.17) is 16.3 Å². The van der Waals surface area contributed by atoms with Crippen molar-refractivity contribution in [3.05, 3.63) is 86.8 Å². The molecule has 3 aliphatic rings. The SMILES string of the molecule is CC/C=C/[C@@](O)(Cc1nccs1)[C@@H]1CC[C@H]1CN1C[C@@]2(CCCc3cc(Cl)ccc32)COc2ccc(C(=O)NS(=O)(=O)C(C)C)cc21. The van der Waals surface area contributed by atoms with Gasteiger partial charge in [-0.2, -0.15) is 0 Å². The van der Waals surface area contributed by atoms with E-state index in [9.17, 15) is 18.3 Å². The molecule has 0 radical (unpaired) electrons. The number of hydrogen-bond donors (Lipinski definition) is 2. The summed E-state index contributed by atoms with van der Waals surface area (Å²) in [5, 5.41) is 15.0. The van der Waals surface area contributed by atoms with Crippen molar-refractivity contribution in [1.29, 1.82) is 0 Å². The van der Waals surface area contributed by atoms with E-state index in [2.05, 4.69) is 33.7 Å². The predicted octanol–water partition coefficient (Wildman–Crippen LogP) is 6.70. The fraction of sp³-hybridized carbons (Fsp3) is 0.500. The van der Waals surface area contributed by atoms with Crippen LogP contribution in [-0.4, -0.2) is 55.0 Å². The van der Waals surface area contributed by atoms with E-state index in [-0.39, 0.29) is 22.8 Å². The third kappa shape index (κ3) is 6.98. The lowest BCUT2D eigenvalue weighted by molar-refractivity contribution is -0.0446. The molecule has 1 fully saturated rings. The van der Waals surface area contributed by atoms with Gasteiger partial charge in [0.25, 0.3) is 5.91 Å². The number of nitrogens with one attached hydrogen (secondary N) is 1. The lowest BCUT2D eigenvalue weighted by Crippen LogP contribution is -2.53. The van der Waals surface area contributed by atoms with Gasteiger partial charge in [0.2, 0.25) is 10.0 Å². The number of sulfonamides is 1. The fourth-order valence-electron chi connectivity index (χ4n) is 7.51. The van der Waals surface area contributed by atoms with Crippen molar-refractivity contribution in [3.8, 4) is 5.75 Å². The molecule has 6 rings (SSSR count). The molecule has 1 spiro atoms. The zero-order chi connectivity index (χ0) is 33.4. The molecule has 2 aliphatic carbocycles. The van der Waals surface area contributed by atoms with Crippen LogP contribution < -0.4 is 14.4 Å². The van der Waals surface area contributed by atoms with Gasteiger partial charge in [-0.25, -0.2) is 18.1 Å². The smallest absolute Gasteiger partial charge is 0.264 e. The van der Waals surface area contributed by atoms with Crippen LogP contribution in [0.3, 0.4) is 0 Å². The molecule has 3 aromatic rings. The Labute approximate surface area is 287 Å². The Kier molecular flexibility index (Phi) is 9.78. The molecule has 0 saturated heterocycles. The van der Waals surface area contributed by atoms with Crippen molar-refractivity contribution < 1.29 is 23.1 Å². The number of nitrogens with zero attached hydrogens (tertiary/aromatic N) is 2. The number of hydrogen-bond acceptors (Lipinski definition) is 8. The van der Waals surface area contributed by atoms with Crippen LogP contribution >= 0.6 is 22.9 Å². The summed E-state index contributed by atoms with van der Waals surface area (Å²) in [5.41, 5.74) is 2.16. The number of amides is 1. The first-order valence-corrected chi connectivity index (χ1v) is 19.4. The number of ether oxygens (including phenoxy) is 1. The largest absolute Gasteiger partial charge is 0.490 e. The van der Waals surface area contributed by atoms with Gasteiger partial charge in [-0.1, -0.05) is 36.7 Å². The standard InChI is InChI=1S/C36H44ClN3O5S2/c1-4-5-15-36(42,20-33-38-16-17-46-33)30-11-8-27(30)21-40-22-35(14-6-7-25-18-28(37)10-12-29(25)35)23-45-32-13-9-26(19-31(32)40)34(41)39-47(43,44)24(2)3/h5,9-10,12-13,15-19,24,27,30,42H,4,6-8,11,14,20-23H2,1-3H3,(H,39,41)/b15-5+/t27-,30+,35-,36+/m0/s1. The summed E-state index contributed by atoms with van der Waals surface area (Å²) in [6.45, 7) is 6.93. The Hall–Kier alpha value is -2.92. The quantitative estimate of drug-likeness (QED) is 0.227. The Balaban J connectivity index is 1.37. The number of allylic oxidation sites excluding steroid dienone is 1.